The van der Waals surface area contributed by atoms with Crippen molar-refractivity contribution >= 4 is 48.6 Å². The summed E-state index contributed by atoms with van der Waals surface area (Å²) < 4.78 is 47.0. The molecule has 0 aliphatic heterocycles. The van der Waals surface area contributed by atoms with Gasteiger partial charge in [-0.15, -0.1) is 0 Å². The van der Waals surface area contributed by atoms with Crippen molar-refractivity contribution < 1.29 is 37.1 Å². The maximum Gasteiger partial charge on any atom is 0.442 e. The molecule has 0 aliphatic carbocycles. The zero-order chi connectivity index (χ0) is 31.9. The minimum Gasteiger partial charge on any atom is -0.465 e. The number of hydrogen-bond donors (Lipinski definition) is 1. The van der Waals surface area contributed by atoms with Gasteiger partial charge in [0.05, 0.1) is 28.1 Å². The molecule has 4 aromatic rings. The van der Waals surface area contributed by atoms with E-state index in [0.717, 1.165) is 5.56 Å². The number of methoxy groups -OCH3 is 1. The van der Waals surface area contributed by atoms with Gasteiger partial charge in [-0.05, 0) is 72.0 Å². The third-order valence-corrected chi connectivity index (χ3v) is 8.67. The van der Waals surface area contributed by atoms with E-state index in [2.05, 4.69) is 4.52 Å². The number of hydrogen-bond acceptors (Lipinski definition) is 5. The van der Waals surface area contributed by atoms with E-state index in [1.165, 1.54) is 43.5 Å². The van der Waals surface area contributed by atoms with Crippen molar-refractivity contribution in [1.29, 1.82) is 0 Å². The van der Waals surface area contributed by atoms with Crippen molar-refractivity contribution in [1.82, 2.24) is 0 Å². The average molecular weight is 659 g/mol. The quantitative estimate of drug-likeness (QED) is 0.0928. The Morgan fingerprint density at radius 3 is 2.14 bits per heavy atom. The largest absolute Gasteiger partial charge is 0.465 e. The van der Waals surface area contributed by atoms with Gasteiger partial charge in [-0.25, -0.2) is 9.36 Å². The van der Waals surface area contributed by atoms with Crippen molar-refractivity contribution in [2.24, 2.45) is 0 Å². The Labute approximate surface area is 263 Å². The highest BCUT2D eigenvalue weighted by atomic mass is 35.5. The van der Waals surface area contributed by atoms with Crippen LogP contribution in [0.5, 0.6) is 5.75 Å². The summed E-state index contributed by atoms with van der Waals surface area (Å²) in [5.74, 6) is -1.06. The lowest BCUT2D eigenvalue weighted by Crippen LogP contribution is -2.38. The van der Waals surface area contributed by atoms with Gasteiger partial charge in [-0.2, -0.15) is 8.78 Å². The first-order valence-electron chi connectivity index (χ1n) is 13.2. The predicted molar refractivity (Wildman–Crippen MR) is 167 cm³/mol. The lowest BCUT2D eigenvalue weighted by atomic mass is 9.68. The standard InChI is InChI=1S/C33H27Cl2F2O6P/c1-42-31(39)24-11-14-26(15-12-24)33(19-5-8-22-6-3-2-4-7-22,30(38)25-13-18-28(34)29(35)20-25)21-23-9-16-27(17-10-23)43-44(40,41)32(36)37/h2-18,20,32H,19,21H2,1H3,(H,40,41). The highest BCUT2D eigenvalue weighted by Crippen LogP contribution is 2.49. The third kappa shape index (κ3) is 7.82. The topological polar surface area (TPSA) is 89.9 Å². The summed E-state index contributed by atoms with van der Waals surface area (Å²) in [6.45, 7) is 0. The Kier molecular flexibility index (Phi) is 10.8. The molecule has 0 spiro atoms. The molecular weight excluding hydrogens is 632 g/mol. The number of ether oxygens (including phenoxy) is 1. The lowest BCUT2D eigenvalue weighted by molar-refractivity contribution is 0.0600. The molecule has 0 saturated carbocycles. The van der Waals surface area contributed by atoms with Gasteiger partial charge in [0.25, 0.3) is 0 Å². The van der Waals surface area contributed by atoms with E-state index in [0.29, 0.717) is 22.3 Å². The summed E-state index contributed by atoms with van der Waals surface area (Å²) in [4.78, 5) is 36.2. The van der Waals surface area contributed by atoms with Crippen LogP contribution in [0.4, 0.5) is 8.78 Å². The predicted octanol–water partition coefficient (Wildman–Crippen LogP) is 9.03. The van der Waals surface area contributed by atoms with Crippen molar-refractivity contribution in [2.45, 2.75) is 24.4 Å². The Morgan fingerprint density at radius 2 is 1.55 bits per heavy atom. The first-order valence-corrected chi connectivity index (χ1v) is 15.6. The van der Waals surface area contributed by atoms with Gasteiger partial charge in [0.2, 0.25) is 0 Å². The molecule has 2 atom stereocenters. The first-order chi connectivity index (χ1) is 20.9. The fourth-order valence-corrected chi connectivity index (χ4v) is 5.52. The Bertz CT molecular complexity index is 1700. The monoisotopic (exact) mass is 658 g/mol. The second-order valence-electron chi connectivity index (χ2n) is 9.88. The molecule has 0 fully saturated rings. The number of benzene rings is 4. The van der Waals surface area contributed by atoms with Gasteiger partial charge in [-0.3, -0.25) is 4.79 Å². The number of esters is 1. The molecule has 0 radical (unpaired) electrons. The molecule has 0 aliphatic rings. The number of allylic oxidation sites excluding steroid dienone is 1. The van der Waals surface area contributed by atoms with Crippen molar-refractivity contribution in [3.63, 3.8) is 0 Å². The third-order valence-electron chi connectivity index (χ3n) is 6.96. The molecule has 1 N–H and O–H groups in total. The molecular formula is C33H27Cl2F2O6P. The summed E-state index contributed by atoms with van der Waals surface area (Å²) in [6.07, 6.45) is 0.506. The van der Waals surface area contributed by atoms with E-state index < -0.39 is 25.1 Å². The summed E-state index contributed by atoms with van der Waals surface area (Å²) in [5.41, 5.74) is 1.41. The van der Waals surface area contributed by atoms with Crippen LogP contribution in [0.25, 0.3) is 6.08 Å². The Morgan fingerprint density at radius 1 is 0.909 bits per heavy atom. The maximum atomic E-state index is 14.6. The van der Waals surface area contributed by atoms with Crippen LogP contribution in [0.15, 0.2) is 103 Å². The molecule has 6 nitrogen and oxygen atoms in total. The van der Waals surface area contributed by atoms with Gasteiger partial charge < -0.3 is 14.2 Å². The van der Waals surface area contributed by atoms with Gasteiger partial charge in [0.15, 0.2) is 5.78 Å². The van der Waals surface area contributed by atoms with Crippen LogP contribution in [0.1, 0.15) is 43.8 Å². The molecule has 0 aromatic heterocycles. The summed E-state index contributed by atoms with van der Waals surface area (Å²) >= 11 is 12.4. The second-order valence-corrected chi connectivity index (χ2v) is 12.4. The van der Waals surface area contributed by atoms with Crippen LogP contribution in [0.2, 0.25) is 10.0 Å². The molecule has 4 rings (SSSR count). The molecule has 2 unspecified atom stereocenters. The number of alkyl halides is 2. The molecule has 11 heteroatoms. The van der Waals surface area contributed by atoms with Gasteiger partial charge in [0.1, 0.15) is 5.75 Å². The number of carbonyl (C=O) groups excluding carboxylic acids is 2. The van der Waals surface area contributed by atoms with Gasteiger partial charge in [0, 0.05) is 5.56 Å². The zero-order valence-corrected chi connectivity index (χ0v) is 25.7. The van der Waals surface area contributed by atoms with E-state index in [9.17, 15) is 27.8 Å². The fraction of sp³-hybridized carbons (Fsp3) is 0.152. The molecule has 4 aromatic carbocycles. The van der Waals surface area contributed by atoms with Gasteiger partial charge >= 0.3 is 19.7 Å². The van der Waals surface area contributed by atoms with Crippen LogP contribution in [0.3, 0.4) is 0 Å². The summed E-state index contributed by atoms with van der Waals surface area (Å²) in [6, 6.07) is 26.2. The summed E-state index contributed by atoms with van der Waals surface area (Å²) in [5, 5.41) is 0.474. The van der Waals surface area contributed by atoms with Crippen LogP contribution in [-0.2, 0) is 21.1 Å². The average Bonchev–Trinajstić information content (AvgIpc) is 3.02. The van der Waals surface area contributed by atoms with E-state index in [4.69, 9.17) is 27.9 Å². The highest BCUT2D eigenvalue weighted by molar-refractivity contribution is 7.53. The summed E-state index contributed by atoms with van der Waals surface area (Å²) in [7, 11) is -3.90. The minimum absolute atomic E-state index is 0.106. The van der Waals surface area contributed by atoms with Crippen molar-refractivity contribution in [3.8, 4) is 5.75 Å². The fourth-order valence-electron chi connectivity index (χ4n) is 4.72. The minimum atomic E-state index is -5.17. The highest BCUT2D eigenvalue weighted by Gasteiger charge is 2.40. The van der Waals surface area contributed by atoms with E-state index in [1.54, 1.807) is 30.3 Å². The molecule has 44 heavy (non-hydrogen) atoms. The first kappa shape index (κ1) is 33.1. The zero-order valence-electron chi connectivity index (χ0n) is 23.3. The number of Topliss-reactive ketones (excluding diaryl/α,β-unsaturated/α-hetero) is 1. The van der Waals surface area contributed by atoms with Crippen LogP contribution < -0.4 is 4.52 Å². The second kappa shape index (κ2) is 14.3. The number of halogens is 4. The molecule has 0 heterocycles. The number of ketones is 1. The molecule has 0 saturated heterocycles. The molecule has 228 valence electrons. The Balaban J connectivity index is 1.84. The molecule has 0 bridgehead atoms. The van der Waals surface area contributed by atoms with Crippen molar-refractivity contribution in [2.75, 3.05) is 7.11 Å². The normalized spacial score (nSPS) is 14.2. The van der Waals surface area contributed by atoms with Crippen LogP contribution >= 0.6 is 30.8 Å². The van der Waals surface area contributed by atoms with E-state index >= 15 is 0 Å². The van der Waals surface area contributed by atoms with E-state index in [1.807, 2.05) is 42.5 Å². The smallest absolute Gasteiger partial charge is 0.442 e. The Hall–Kier alpha value is -3.81. The number of carbonyl (C=O) groups is 2. The molecule has 0 amide bonds. The van der Waals surface area contributed by atoms with Gasteiger partial charge in [-0.1, -0.05) is 90.0 Å². The SMILES string of the molecule is COC(=O)c1ccc(C(CC=Cc2ccccc2)(Cc2ccc(OP(=O)(O)C(F)F)cc2)C(=O)c2ccc(Cl)c(Cl)c2)cc1. The van der Waals surface area contributed by atoms with E-state index in [-0.39, 0.29) is 34.4 Å². The van der Waals surface area contributed by atoms with Crippen LogP contribution in [0, 0.1) is 0 Å². The lowest BCUT2D eigenvalue weighted by Gasteiger charge is -2.33. The maximum absolute atomic E-state index is 14.6. The van der Waals surface area contributed by atoms with Crippen LogP contribution in [-0.4, -0.2) is 29.9 Å². The number of rotatable bonds is 12. The van der Waals surface area contributed by atoms with Crippen molar-refractivity contribution in [3.05, 3.63) is 141 Å².